The summed E-state index contributed by atoms with van der Waals surface area (Å²) in [7, 11) is -3.70. The number of hydrogen-bond donors (Lipinski definition) is 1. The third kappa shape index (κ3) is 4.62. The van der Waals surface area contributed by atoms with Crippen molar-refractivity contribution in [3.05, 3.63) is 95.6 Å². The lowest BCUT2D eigenvalue weighted by Crippen LogP contribution is -2.45. The van der Waals surface area contributed by atoms with E-state index in [2.05, 4.69) is 5.32 Å². The fourth-order valence-electron chi connectivity index (χ4n) is 3.54. The Morgan fingerprint density at radius 1 is 0.833 bits per heavy atom. The van der Waals surface area contributed by atoms with Gasteiger partial charge in [-0.3, -0.25) is 4.79 Å². The third-order valence-corrected chi connectivity index (χ3v) is 7.35. The molecule has 0 aliphatic carbocycles. The molecule has 156 valence electrons. The predicted octanol–water partition coefficient (Wildman–Crippen LogP) is 5.06. The minimum Gasteiger partial charge on any atom is -0.325 e. The molecule has 0 heterocycles. The van der Waals surface area contributed by atoms with Crippen molar-refractivity contribution in [3.8, 4) is 0 Å². The van der Waals surface area contributed by atoms with Crippen molar-refractivity contribution in [1.82, 2.24) is 0 Å². The minimum atomic E-state index is -3.70. The summed E-state index contributed by atoms with van der Waals surface area (Å²) < 4.78 is 26.7. The van der Waals surface area contributed by atoms with E-state index in [-0.39, 0.29) is 16.6 Å². The number of benzene rings is 3. The molecule has 0 aliphatic heterocycles. The fraction of sp³-hybridized carbons (Fsp3) is 0.240. The maximum absolute atomic E-state index is 13.5. The molecule has 3 rings (SSSR count). The van der Waals surface area contributed by atoms with Crippen molar-refractivity contribution >= 4 is 21.4 Å². The average Bonchev–Trinajstić information content (AvgIpc) is 2.73. The van der Waals surface area contributed by atoms with E-state index < -0.39 is 15.3 Å². The van der Waals surface area contributed by atoms with Gasteiger partial charge in [0.05, 0.1) is 16.1 Å². The summed E-state index contributed by atoms with van der Waals surface area (Å²) >= 11 is 0. The number of nitrogens with one attached hydrogen (secondary N) is 1. The van der Waals surface area contributed by atoms with Crippen LogP contribution in [0, 0.1) is 13.8 Å². The molecule has 1 atom stereocenters. The van der Waals surface area contributed by atoms with Gasteiger partial charge in [-0.1, -0.05) is 72.6 Å². The maximum atomic E-state index is 13.5. The van der Waals surface area contributed by atoms with Crippen LogP contribution in [-0.4, -0.2) is 20.1 Å². The number of hydrogen-bond acceptors (Lipinski definition) is 3. The van der Waals surface area contributed by atoms with E-state index in [0.717, 1.165) is 11.1 Å². The van der Waals surface area contributed by atoms with E-state index in [4.69, 9.17) is 0 Å². The number of aryl methyl sites for hydroxylation is 2. The topological polar surface area (TPSA) is 63.2 Å². The van der Waals surface area contributed by atoms with Crippen LogP contribution in [0.5, 0.6) is 0 Å². The zero-order chi connectivity index (χ0) is 21.8. The lowest BCUT2D eigenvalue weighted by atomic mass is 9.78. The number of carbonyl (C=O) groups is 1. The van der Waals surface area contributed by atoms with Crippen LogP contribution < -0.4 is 5.32 Å². The Balaban J connectivity index is 2.07. The molecule has 1 amide bonds. The molecule has 0 bridgehead atoms. The molecule has 1 unspecified atom stereocenters. The van der Waals surface area contributed by atoms with Crippen molar-refractivity contribution in [2.45, 2.75) is 37.5 Å². The van der Waals surface area contributed by atoms with E-state index in [1.54, 1.807) is 36.4 Å². The summed E-state index contributed by atoms with van der Waals surface area (Å²) in [5, 5.41) is 2.93. The van der Waals surface area contributed by atoms with Gasteiger partial charge in [0.25, 0.3) is 0 Å². The van der Waals surface area contributed by atoms with Gasteiger partial charge in [0.1, 0.15) is 0 Å². The first-order chi connectivity index (χ1) is 14.3. The molecule has 0 saturated heterocycles. The Morgan fingerprint density at radius 2 is 1.37 bits per heavy atom. The number of amides is 1. The standard InChI is InChI=1S/C25H27NO3S/c1-4-25(21-14-10-19(2)11-15-21,24(27)26-22-8-6-5-7-9-22)18-30(28,29)23-16-12-20(3)13-17-23/h5-17H,4,18H2,1-3H3,(H,26,27). The molecule has 4 nitrogen and oxygen atoms in total. The Hall–Kier alpha value is -2.92. The maximum Gasteiger partial charge on any atom is 0.236 e. The second-order valence-corrected chi connectivity index (χ2v) is 9.68. The highest BCUT2D eigenvalue weighted by molar-refractivity contribution is 7.91. The van der Waals surface area contributed by atoms with Crippen LogP contribution in [0.1, 0.15) is 30.0 Å². The van der Waals surface area contributed by atoms with E-state index in [9.17, 15) is 13.2 Å². The lowest BCUT2D eigenvalue weighted by molar-refractivity contribution is -0.121. The van der Waals surface area contributed by atoms with Gasteiger partial charge in [0.2, 0.25) is 5.91 Å². The van der Waals surface area contributed by atoms with Crippen LogP contribution in [-0.2, 0) is 20.0 Å². The van der Waals surface area contributed by atoms with Gasteiger partial charge >= 0.3 is 0 Å². The highest BCUT2D eigenvalue weighted by Crippen LogP contribution is 2.34. The van der Waals surface area contributed by atoms with E-state index in [0.29, 0.717) is 17.7 Å². The van der Waals surface area contributed by atoms with Gasteiger partial charge in [0.15, 0.2) is 9.84 Å². The van der Waals surface area contributed by atoms with E-state index in [1.165, 1.54) is 0 Å². The highest BCUT2D eigenvalue weighted by Gasteiger charge is 2.43. The fourth-order valence-corrected chi connectivity index (χ4v) is 5.41. The summed E-state index contributed by atoms with van der Waals surface area (Å²) in [6.45, 7) is 5.73. The Bertz CT molecular complexity index is 1110. The Kier molecular flexibility index (Phi) is 6.42. The predicted molar refractivity (Wildman–Crippen MR) is 121 cm³/mol. The first-order valence-electron chi connectivity index (χ1n) is 10.00. The molecule has 3 aromatic carbocycles. The van der Waals surface area contributed by atoms with Crippen LogP contribution >= 0.6 is 0 Å². The number of carbonyl (C=O) groups excluding carboxylic acids is 1. The van der Waals surface area contributed by atoms with Crippen molar-refractivity contribution in [3.63, 3.8) is 0 Å². The molecule has 3 aromatic rings. The third-order valence-electron chi connectivity index (χ3n) is 5.49. The van der Waals surface area contributed by atoms with Crippen LogP contribution in [0.3, 0.4) is 0 Å². The second-order valence-electron chi connectivity index (χ2n) is 7.69. The first-order valence-corrected chi connectivity index (χ1v) is 11.7. The number of para-hydroxylation sites is 1. The minimum absolute atomic E-state index is 0.227. The first kappa shape index (κ1) is 21.8. The van der Waals surface area contributed by atoms with Crippen molar-refractivity contribution in [2.75, 3.05) is 11.1 Å². The largest absolute Gasteiger partial charge is 0.325 e. The molecule has 0 fully saturated rings. The summed E-state index contributed by atoms with van der Waals surface area (Å²) in [6, 6.07) is 23.4. The molecular formula is C25H27NO3S. The Labute approximate surface area is 178 Å². The van der Waals surface area contributed by atoms with Gasteiger partial charge < -0.3 is 5.32 Å². The monoisotopic (exact) mass is 421 g/mol. The van der Waals surface area contributed by atoms with E-state index in [1.807, 2.05) is 63.2 Å². The van der Waals surface area contributed by atoms with Crippen LogP contribution in [0.25, 0.3) is 0 Å². The SMILES string of the molecule is CCC(CS(=O)(=O)c1ccc(C)cc1)(C(=O)Nc1ccccc1)c1ccc(C)cc1. The molecule has 0 saturated carbocycles. The molecule has 0 spiro atoms. The quantitative estimate of drug-likeness (QED) is 0.580. The average molecular weight is 422 g/mol. The molecule has 0 aromatic heterocycles. The van der Waals surface area contributed by atoms with Gasteiger partial charge in [0, 0.05) is 5.69 Å². The van der Waals surface area contributed by atoms with Crippen LogP contribution in [0.15, 0.2) is 83.8 Å². The van der Waals surface area contributed by atoms with Crippen molar-refractivity contribution in [1.29, 1.82) is 0 Å². The molecule has 0 radical (unpaired) electrons. The molecule has 0 aliphatic rings. The molecule has 5 heteroatoms. The number of anilines is 1. The summed E-state index contributed by atoms with van der Waals surface area (Å²) in [5.41, 5.74) is 2.15. The van der Waals surface area contributed by atoms with Gasteiger partial charge in [-0.05, 0) is 50.1 Å². The van der Waals surface area contributed by atoms with Gasteiger partial charge in [-0.25, -0.2) is 8.42 Å². The molecular weight excluding hydrogens is 394 g/mol. The highest BCUT2D eigenvalue weighted by atomic mass is 32.2. The zero-order valence-electron chi connectivity index (χ0n) is 17.6. The Morgan fingerprint density at radius 3 is 1.90 bits per heavy atom. The van der Waals surface area contributed by atoms with Gasteiger partial charge in [-0.15, -0.1) is 0 Å². The van der Waals surface area contributed by atoms with Crippen LogP contribution in [0.2, 0.25) is 0 Å². The normalized spacial score (nSPS) is 13.4. The van der Waals surface area contributed by atoms with Crippen LogP contribution in [0.4, 0.5) is 5.69 Å². The number of rotatable bonds is 7. The summed E-state index contributed by atoms with van der Waals surface area (Å²) in [6.07, 6.45) is 0.347. The summed E-state index contributed by atoms with van der Waals surface area (Å²) in [4.78, 5) is 13.8. The van der Waals surface area contributed by atoms with Crippen molar-refractivity contribution in [2.24, 2.45) is 0 Å². The summed E-state index contributed by atoms with van der Waals surface area (Å²) in [5.74, 6) is -0.628. The smallest absolute Gasteiger partial charge is 0.236 e. The second kappa shape index (κ2) is 8.84. The van der Waals surface area contributed by atoms with E-state index >= 15 is 0 Å². The van der Waals surface area contributed by atoms with Gasteiger partial charge in [-0.2, -0.15) is 0 Å². The number of sulfone groups is 1. The molecule has 30 heavy (non-hydrogen) atoms. The van der Waals surface area contributed by atoms with Crippen molar-refractivity contribution < 1.29 is 13.2 Å². The molecule has 1 N–H and O–H groups in total. The lowest BCUT2D eigenvalue weighted by Gasteiger charge is -2.32. The zero-order valence-corrected chi connectivity index (χ0v) is 18.4.